The third-order valence-corrected chi connectivity index (χ3v) is 3.00. The van der Waals surface area contributed by atoms with Gasteiger partial charge in [0.1, 0.15) is 5.76 Å². The summed E-state index contributed by atoms with van der Waals surface area (Å²) < 4.78 is 5.17. The predicted molar refractivity (Wildman–Crippen MR) is 69.7 cm³/mol. The van der Waals surface area contributed by atoms with Crippen molar-refractivity contribution in [3.05, 3.63) is 23.7 Å². The first-order valence-electron chi connectivity index (χ1n) is 6.05. The molecule has 1 aromatic heterocycles. The summed E-state index contributed by atoms with van der Waals surface area (Å²) in [5.41, 5.74) is 0.940. The van der Waals surface area contributed by atoms with Crippen LogP contribution in [0, 0.1) is 12.8 Å². The van der Waals surface area contributed by atoms with E-state index < -0.39 is 11.9 Å². The summed E-state index contributed by atoms with van der Waals surface area (Å²) >= 11 is 0. The quantitative estimate of drug-likeness (QED) is 0.883. The molecule has 1 aromatic rings. The number of hydrogen-bond donors (Lipinski definition) is 1. The summed E-state index contributed by atoms with van der Waals surface area (Å²) in [5, 5.41) is 8.83. The van der Waals surface area contributed by atoms with Crippen LogP contribution in [0.4, 0.5) is 4.79 Å². The Bertz CT molecular complexity index is 455. The van der Waals surface area contributed by atoms with Crippen molar-refractivity contribution in [2.45, 2.75) is 20.4 Å². The number of hydrogen-bond acceptors (Lipinski definition) is 3. The highest BCUT2D eigenvalue weighted by atomic mass is 16.4. The zero-order valence-electron chi connectivity index (χ0n) is 11.7. The Morgan fingerprint density at radius 2 is 2.00 bits per heavy atom. The van der Waals surface area contributed by atoms with Crippen LogP contribution in [0.3, 0.4) is 0 Å². The molecule has 6 nitrogen and oxygen atoms in total. The van der Waals surface area contributed by atoms with Crippen LogP contribution in [0.1, 0.15) is 18.2 Å². The molecule has 106 valence electrons. The van der Waals surface area contributed by atoms with Crippen LogP contribution in [0.2, 0.25) is 0 Å². The standard InChI is InChI=1S/C13H20N2O4/c1-9(12(16)17)7-14(3)13(18)15(4)8-11-5-6-19-10(11)2/h5-6,9H,7-8H2,1-4H3,(H,16,17). The van der Waals surface area contributed by atoms with Gasteiger partial charge in [0.25, 0.3) is 0 Å². The van der Waals surface area contributed by atoms with Crippen LogP contribution in [0.25, 0.3) is 0 Å². The molecule has 0 aliphatic rings. The molecule has 0 saturated carbocycles. The number of carbonyl (C=O) groups is 2. The predicted octanol–water partition coefficient (Wildman–Crippen LogP) is 1.79. The van der Waals surface area contributed by atoms with Crippen molar-refractivity contribution in [1.82, 2.24) is 9.80 Å². The summed E-state index contributed by atoms with van der Waals surface area (Å²) in [6.07, 6.45) is 1.58. The molecule has 0 aliphatic carbocycles. The van der Waals surface area contributed by atoms with Crippen molar-refractivity contribution >= 4 is 12.0 Å². The first kappa shape index (κ1) is 15.1. The third kappa shape index (κ3) is 4.01. The second-order valence-electron chi connectivity index (χ2n) is 4.76. The lowest BCUT2D eigenvalue weighted by molar-refractivity contribution is -0.141. The van der Waals surface area contributed by atoms with E-state index in [1.807, 2.05) is 13.0 Å². The minimum Gasteiger partial charge on any atom is -0.481 e. The van der Waals surface area contributed by atoms with Crippen LogP contribution >= 0.6 is 0 Å². The van der Waals surface area contributed by atoms with Gasteiger partial charge in [-0.3, -0.25) is 4.79 Å². The van der Waals surface area contributed by atoms with Crippen LogP contribution < -0.4 is 0 Å². The van der Waals surface area contributed by atoms with Gasteiger partial charge in [-0.15, -0.1) is 0 Å². The van der Waals surface area contributed by atoms with E-state index in [1.54, 1.807) is 27.3 Å². The van der Waals surface area contributed by atoms with Gasteiger partial charge in [-0.1, -0.05) is 6.92 Å². The maximum Gasteiger partial charge on any atom is 0.319 e. The average Bonchev–Trinajstić information content (AvgIpc) is 2.73. The van der Waals surface area contributed by atoms with Crippen molar-refractivity contribution in [3.8, 4) is 0 Å². The molecule has 1 unspecified atom stereocenters. The lowest BCUT2D eigenvalue weighted by Crippen LogP contribution is -2.41. The number of aryl methyl sites for hydroxylation is 1. The van der Waals surface area contributed by atoms with Gasteiger partial charge >= 0.3 is 12.0 Å². The number of nitrogens with zero attached hydrogens (tertiary/aromatic N) is 2. The first-order chi connectivity index (χ1) is 8.82. The average molecular weight is 268 g/mol. The molecule has 0 spiro atoms. The SMILES string of the molecule is Cc1occc1CN(C)C(=O)N(C)CC(C)C(=O)O. The lowest BCUT2D eigenvalue weighted by atomic mass is 10.2. The van der Waals surface area contributed by atoms with E-state index in [4.69, 9.17) is 9.52 Å². The summed E-state index contributed by atoms with van der Waals surface area (Å²) in [5.74, 6) is -0.716. The van der Waals surface area contributed by atoms with Gasteiger partial charge in [0.05, 0.1) is 18.7 Å². The Labute approximate surface area is 112 Å². The largest absolute Gasteiger partial charge is 0.481 e. The lowest BCUT2D eigenvalue weighted by Gasteiger charge is -2.26. The molecule has 1 atom stereocenters. The topological polar surface area (TPSA) is 74.0 Å². The highest BCUT2D eigenvalue weighted by Crippen LogP contribution is 2.12. The number of carbonyl (C=O) groups excluding carboxylic acids is 1. The van der Waals surface area contributed by atoms with E-state index >= 15 is 0 Å². The number of aliphatic carboxylic acids is 1. The van der Waals surface area contributed by atoms with Crippen molar-refractivity contribution < 1.29 is 19.1 Å². The molecular formula is C13H20N2O4. The molecule has 0 saturated heterocycles. The molecule has 0 fully saturated rings. The van der Waals surface area contributed by atoms with Gasteiger partial charge < -0.3 is 19.3 Å². The summed E-state index contributed by atoms with van der Waals surface area (Å²) in [6, 6.07) is 1.60. The summed E-state index contributed by atoms with van der Waals surface area (Å²) in [4.78, 5) is 25.8. The monoisotopic (exact) mass is 268 g/mol. The maximum atomic E-state index is 12.1. The number of carboxylic acid groups (broad SMARTS) is 1. The summed E-state index contributed by atoms with van der Waals surface area (Å²) in [6.45, 7) is 4.03. The normalized spacial score (nSPS) is 12.0. The molecule has 19 heavy (non-hydrogen) atoms. The van der Waals surface area contributed by atoms with E-state index in [0.29, 0.717) is 6.54 Å². The van der Waals surface area contributed by atoms with E-state index in [-0.39, 0.29) is 12.6 Å². The first-order valence-corrected chi connectivity index (χ1v) is 6.05. The van der Waals surface area contributed by atoms with Gasteiger partial charge in [0, 0.05) is 26.2 Å². The molecular weight excluding hydrogens is 248 g/mol. The van der Waals surface area contributed by atoms with Gasteiger partial charge in [-0.25, -0.2) is 4.79 Å². The Hall–Kier alpha value is -1.98. The van der Waals surface area contributed by atoms with Gasteiger partial charge in [0.2, 0.25) is 0 Å². The van der Waals surface area contributed by atoms with Crippen LogP contribution in [0.15, 0.2) is 16.7 Å². The molecule has 1 rings (SSSR count). The zero-order valence-corrected chi connectivity index (χ0v) is 11.7. The maximum absolute atomic E-state index is 12.1. The highest BCUT2D eigenvalue weighted by molar-refractivity contribution is 5.75. The third-order valence-electron chi connectivity index (χ3n) is 3.00. The molecule has 6 heteroatoms. The zero-order chi connectivity index (χ0) is 14.6. The number of carboxylic acids is 1. The Kier molecular flexibility index (Phi) is 4.97. The van der Waals surface area contributed by atoms with Gasteiger partial charge in [0.15, 0.2) is 0 Å². The van der Waals surface area contributed by atoms with E-state index in [0.717, 1.165) is 11.3 Å². The molecule has 0 aromatic carbocycles. The fraction of sp³-hybridized carbons (Fsp3) is 0.538. The van der Waals surface area contributed by atoms with Crippen molar-refractivity contribution in [1.29, 1.82) is 0 Å². The fourth-order valence-corrected chi connectivity index (χ4v) is 1.76. The highest BCUT2D eigenvalue weighted by Gasteiger charge is 2.20. The van der Waals surface area contributed by atoms with E-state index in [9.17, 15) is 9.59 Å². The number of furan rings is 1. The van der Waals surface area contributed by atoms with Crippen molar-refractivity contribution in [2.75, 3.05) is 20.6 Å². The van der Waals surface area contributed by atoms with Crippen molar-refractivity contribution in [3.63, 3.8) is 0 Å². The van der Waals surface area contributed by atoms with Gasteiger partial charge in [-0.2, -0.15) is 0 Å². The van der Waals surface area contributed by atoms with Gasteiger partial charge in [-0.05, 0) is 13.0 Å². The Morgan fingerprint density at radius 3 is 2.47 bits per heavy atom. The van der Waals surface area contributed by atoms with Crippen LogP contribution in [-0.4, -0.2) is 47.5 Å². The number of rotatable bonds is 5. The fourth-order valence-electron chi connectivity index (χ4n) is 1.76. The minimum atomic E-state index is -0.909. The Balaban J connectivity index is 2.57. The molecule has 0 bridgehead atoms. The smallest absolute Gasteiger partial charge is 0.319 e. The number of urea groups is 1. The minimum absolute atomic E-state index is 0.183. The number of amides is 2. The second-order valence-corrected chi connectivity index (χ2v) is 4.76. The van der Waals surface area contributed by atoms with Crippen LogP contribution in [-0.2, 0) is 11.3 Å². The van der Waals surface area contributed by atoms with E-state index in [1.165, 1.54) is 9.80 Å². The summed E-state index contributed by atoms with van der Waals surface area (Å²) in [7, 11) is 3.28. The van der Waals surface area contributed by atoms with Crippen LogP contribution in [0.5, 0.6) is 0 Å². The molecule has 2 amide bonds. The molecule has 1 N–H and O–H groups in total. The van der Waals surface area contributed by atoms with Crippen molar-refractivity contribution in [2.24, 2.45) is 5.92 Å². The molecule has 0 aliphatic heterocycles. The Morgan fingerprint density at radius 1 is 1.37 bits per heavy atom. The molecule has 0 radical (unpaired) electrons. The second kappa shape index (κ2) is 6.26. The molecule has 1 heterocycles. The van der Waals surface area contributed by atoms with E-state index in [2.05, 4.69) is 0 Å².